The van der Waals surface area contributed by atoms with Crippen LogP contribution in [0.25, 0.3) is 0 Å². The van der Waals surface area contributed by atoms with Gasteiger partial charge in [0.1, 0.15) is 0 Å². The van der Waals surface area contributed by atoms with Crippen molar-refractivity contribution in [1.29, 1.82) is 0 Å². The van der Waals surface area contributed by atoms with Crippen molar-refractivity contribution in [3.63, 3.8) is 0 Å². The first kappa shape index (κ1) is 8.17. The average molecular weight is 153 g/mol. The normalized spacial score (nSPS) is 12.9. The molecule has 0 aliphatic rings. The van der Waals surface area contributed by atoms with Gasteiger partial charge in [0.15, 0.2) is 6.29 Å². The molecule has 0 fully saturated rings. The van der Waals surface area contributed by atoms with E-state index < -0.39 is 6.29 Å². The summed E-state index contributed by atoms with van der Waals surface area (Å²) in [5.74, 6) is 0. The molecule has 0 saturated carbocycles. The Hall–Kier alpha value is -0.930. The van der Waals surface area contributed by atoms with Gasteiger partial charge >= 0.3 is 0 Å². The summed E-state index contributed by atoms with van der Waals surface area (Å²) in [5, 5.41) is 9.24. The Labute approximate surface area is 65.7 Å². The number of rotatable bonds is 3. The Kier molecular flexibility index (Phi) is 3.01. The van der Waals surface area contributed by atoms with Crippen LogP contribution < -0.4 is 0 Å². The summed E-state index contributed by atoms with van der Waals surface area (Å²) < 4.78 is 4.92. The fraction of sp³-hybridized carbons (Fsp3) is 0.375. The maximum absolute atomic E-state index is 9.24. The fourth-order valence-electron chi connectivity index (χ4n) is 0.765. The van der Waals surface area contributed by atoms with Crippen molar-refractivity contribution in [2.45, 2.75) is 13.2 Å². The number of pyridine rings is 1. The second-order valence-corrected chi connectivity index (χ2v) is 2.06. The molecule has 1 unspecified atom stereocenters. The van der Waals surface area contributed by atoms with Crippen LogP contribution in [0.2, 0.25) is 0 Å². The van der Waals surface area contributed by atoms with Gasteiger partial charge < -0.3 is 9.84 Å². The van der Waals surface area contributed by atoms with Crippen molar-refractivity contribution in [2.24, 2.45) is 0 Å². The molecule has 0 bridgehead atoms. The van der Waals surface area contributed by atoms with E-state index in [1.807, 2.05) is 13.0 Å². The van der Waals surface area contributed by atoms with Gasteiger partial charge in [-0.3, -0.25) is 4.98 Å². The lowest BCUT2D eigenvalue weighted by Gasteiger charge is -2.08. The maximum Gasteiger partial charge on any atom is 0.198 e. The predicted octanol–water partition coefficient (Wildman–Crippen LogP) is 1.11. The highest BCUT2D eigenvalue weighted by molar-refractivity contribution is 5.04. The number of nitrogens with zero attached hydrogens (tertiary/aromatic N) is 1. The molecule has 0 aliphatic carbocycles. The molecular formula is C8H11NO2. The molecule has 0 amide bonds. The van der Waals surface area contributed by atoms with Crippen LogP contribution in [-0.4, -0.2) is 16.7 Å². The van der Waals surface area contributed by atoms with Crippen molar-refractivity contribution in [3.05, 3.63) is 30.1 Å². The molecule has 0 aromatic carbocycles. The molecule has 1 aromatic rings. The van der Waals surface area contributed by atoms with E-state index in [0.29, 0.717) is 12.3 Å². The molecular weight excluding hydrogens is 142 g/mol. The number of hydrogen-bond donors (Lipinski definition) is 1. The molecule has 0 aliphatic heterocycles. The minimum atomic E-state index is -0.888. The molecule has 1 rings (SSSR count). The molecule has 0 spiro atoms. The van der Waals surface area contributed by atoms with Gasteiger partial charge in [-0.25, -0.2) is 0 Å². The van der Waals surface area contributed by atoms with Crippen LogP contribution in [0.3, 0.4) is 0 Å². The quantitative estimate of drug-likeness (QED) is 0.661. The third-order valence-electron chi connectivity index (χ3n) is 1.27. The van der Waals surface area contributed by atoms with E-state index in [0.717, 1.165) is 0 Å². The van der Waals surface area contributed by atoms with E-state index in [1.165, 1.54) is 0 Å². The zero-order chi connectivity index (χ0) is 8.10. The minimum absolute atomic E-state index is 0.484. The zero-order valence-electron chi connectivity index (χ0n) is 6.40. The number of aliphatic hydroxyl groups excluding tert-OH is 1. The first-order valence-electron chi connectivity index (χ1n) is 3.55. The van der Waals surface area contributed by atoms with E-state index in [2.05, 4.69) is 4.98 Å². The van der Waals surface area contributed by atoms with Crippen LogP contribution in [0.15, 0.2) is 24.4 Å². The number of aliphatic hydroxyl groups is 1. The van der Waals surface area contributed by atoms with E-state index in [-0.39, 0.29) is 0 Å². The number of aromatic nitrogens is 1. The summed E-state index contributed by atoms with van der Waals surface area (Å²) in [7, 11) is 0. The van der Waals surface area contributed by atoms with Crippen LogP contribution in [0.1, 0.15) is 18.9 Å². The summed E-state index contributed by atoms with van der Waals surface area (Å²) in [6.07, 6.45) is 0.735. The lowest BCUT2D eigenvalue weighted by atomic mass is 10.3. The topological polar surface area (TPSA) is 42.4 Å². The van der Waals surface area contributed by atoms with Gasteiger partial charge in [-0.1, -0.05) is 6.07 Å². The van der Waals surface area contributed by atoms with E-state index in [9.17, 15) is 5.11 Å². The Morgan fingerprint density at radius 1 is 1.64 bits per heavy atom. The summed E-state index contributed by atoms with van der Waals surface area (Å²) in [6.45, 7) is 2.31. The SMILES string of the molecule is CCOC(O)c1ccccn1. The Morgan fingerprint density at radius 3 is 3.00 bits per heavy atom. The second-order valence-electron chi connectivity index (χ2n) is 2.06. The first-order valence-corrected chi connectivity index (χ1v) is 3.55. The molecule has 1 aromatic heterocycles. The van der Waals surface area contributed by atoms with Gasteiger partial charge in [0.2, 0.25) is 0 Å². The molecule has 1 heterocycles. The lowest BCUT2D eigenvalue weighted by Crippen LogP contribution is -2.04. The Morgan fingerprint density at radius 2 is 2.45 bits per heavy atom. The van der Waals surface area contributed by atoms with Gasteiger partial charge in [-0.2, -0.15) is 0 Å². The van der Waals surface area contributed by atoms with Gasteiger partial charge in [0, 0.05) is 12.8 Å². The largest absolute Gasteiger partial charge is 0.363 e. The summed E-state index contributed by atoms with van der Waals surface area (Å²) in [4.78, 5) is 3.92. The average Bonchev–Trinajstić information content (AvgIpc) is 2.07. The molecule has 0 saturated heterocycles. The van der Waals surface area contributed by atoms with Crippen LogP contribution in [-0.2, 0) is 4.74 Å². The standard InChI is InChI=1S/C8H11NO2/c1-2-11-8(10)7-5-3-4-6-9-7/h3-6,8,10H,2H2,1H3. The van der Waals surface area contributed by atoms with E-state index >= 15 is 0 Å². The van der Waals surface area contributed by atoms with E-state index in [4.69, 9.17) is 4.74 Å². The molecule has 3 nitrogen and oxygen atoms in total. The third-order valence-corrected chi connectivity index (χ3v) is 1.27. The molecule has 3 heteroatoms. The molecule has 11 heavy (non-hydrogen) atoms. The van der Waals surface area contributed by atoms with Crippen molar-refractivity contribution in [1.82, 2.24) is 4.98 Å². The zero-order valence-corrected chi connectivity index (χ0v) is 6.40. The van der Waals surface area contributed by atoms with Gasteiger partial charge in [-0.05, 0) is 19.1 Å². The van der Waals surface area contributed by atoms with Crippen LogP contribution in [0.4, 0.5) is 0 Å². The van der Waals surface area contributed by atoms with Gasteiger partial charge in [0.05, 0.1) is 5.69 Å². The fourth-order valence-corrected chi connectivity index (χ4v) is 0.765. The lowest BCUT2D eigenvalue weighted by molar-refractivity contribution is -0.101. The van der Waals surface area contributed by atoms with Crippen molar-refractivity contribution in [3.8, 4) is 0 Å². The van der Waals surface area contributed by atoms with Crippen LogP contribution >= 0.6 is 0 Å². The first-order chi connectivity index (χ1) is 5.34. The van der Waals surface area contributed by atoms with Crippen LogP contribution in [0.5, 0.6) is 0 Å². The van der Waals surface area contributed by atoms with Crippen molar-refractivity contribution >= 4 is 0 Å². The third kappa shape index (κ3) is 2.29. The Bertz CT molecular complexity index is 201. The minimum Gasteiger partial charge on any atom is -0.363 e. The highest BCUT2D eigenvalue weighted by Gasteiger charge is 2.05. The van der Waals surface area contributed by atoms with Gasteiger partial charge in [-0.15, -0.1) is 0 Å². The van der Waals surface area contributed by atoms with E-state index in [1.54, 1.807) is 18.3 Å². The second kappa shape index (κ2) is 4.05. The molecule has 60 valence electrons. The highest BCUT2D eigenvalue weighted by atomic mass is 16.6. The Balaban J connectivity index is 2.61. The smallest absolute Gasteiger partial charge is 0.198 e. The summed E-state index contributed by atoms with van der Waals surface area (Å²) >= 11 is 0. The number of hydrogen-bond acceptors (Lipinski definition) is 3. The van der Waals surface area contributed by atoms with Crippen LogP contribution in [0, 0.1) is 0 Å². The molecule has 1 atom stereocenters. The van der Waals surface area contributed by atoms with Crippen molar-refractivity contribution in [2.75, 3.05) is 6.61 Å². The highest BCUT2D eigenvalue weighted by Crippen LogP contribution is 2.09. The maximum atomic E-state index is 9.24. The van der Waals surface area contributed by atoms with Crippen molar-refractivity contribution < 1.29 is 9.84 Å². The summed E-state index contributed by atoms with van der Waals surface area (Å²) in [5.41, 5.74) is 0.550. The molecule has 1 N–H and O–H groups in total. The monoisotopic (exact) mass is 153 g/mol. The molecule has 0 radical (unpaired) electrons. The summed E-state index contributed by atoms with van der Waals surface area (Å²) in [6, 6.07) is 5.33. The number of ether oxygens (including phenoxy) is 1. The van der Waals surface area contributed by atoms with Gasteiger partial charge in [0.25, 0.3) is 0 Å². The predicted molar refractivity (Wildman–Crippen MR) is 40.8 cm³/mol.